The average Bonchev–Trinajstić information content (AvgIpc) is 3.40. The number of hydrogen-bond donors (Lipinski definition) is 1. The van der Waals surface area contributed by atoms with Crippen molar-refractivity contribution in [2.75, 3.05) is 13.1 Å². The van der Waals surface area contributed by atoms with Crippen molar-refractivity contribution in [2.45, 2.75) is 64.6 Å². The Bertz CT molecular complexity index is 877. The predicted molar refractivity (Wildman–Crippen MR) is 107 cm³/mol. The molecule has 2 aromatic rings. The summed E-state index contributed by atoms with van der Waals surface area (Å²) in [4.78, 5) is 15.1. The first-order chi connectivity index (χ1) is 13.6. The molecule has 2 fully saturated rings. The second kappa shape index (κ2) is 6.99. The summed E-state index contributed by atoms with van der Waals surface area (Å²) in [6.45, 7) is 6.32. The number of carbonyl (C=O) groups is 1. The fourth-order valence-electron chi connectivity index (χ4n) is 4.79. The number of amides is 1. The zero-order valence-electron chi connectivity index (χ0n) is 16.7. The summed E-state index contributed by atoms with van der Waals surface area (Å²) in [6.07, 6.45) is 6.64. The minimum absolute atomic E-state index is 0.0461. The van der Waals surface area contributed by atoms with Crippen LogP contribution in [0.4, 0.5) is 0 Å². The Labute approximate surface area is 166 Å². The van der Waals surface area contributed by atoms with E-state index in [0.29, 0.717) is 11.9 Å². The van der Waals surface area contributed by atoms with Crippen LogP contribution in [0.1, 0.15) is 59.7 Å². The maximum Gasteiger partial charge on any atom is 0.289 e. The lowest BCUT2D eigenvalue weighted by molar-refractivity contribution is 0.0618. The van der Waals surface area contributed by atoms with Gasteiger partial charge in [-0.05, 0) is 63.1 Å². The maximum absolute atomic E-state index is 12.5. The standard InChI is InChI=1S/C22H29N5O/c1-16-3-2-4-17(13-16)14-26-11-9-22(10-12-26)8-7-19-24-25-20(27(19)15-22)21(28)23-18-5-6-18/h2-4,13,18H,5-12,14-15H2,1H3,(H,23,28). The summed E-state index contributed by atoms with van der Waals surface area (Å²) in [5.74, 6) is 1.45. The molecule has 0 unspecified atom stereocenters. The molecular formula is C22H29N5O. The van der Waals surface area contributed by atoms with Gasteiger partial charge in [-0.2, -0.15) is 0 Å². The molecule has 6 nitrogen and oxygen atoms in total. The number of benzene rings is 1. The van der Waals surface area contributed by atoms with Gasteiger partial charge in [-0.1, -0.05) is 29.8 Å². The van der Waals surface area contributed by atoms with Crippen LogP contribution < -0.4 is 5.32 Å². The third kappa shape index (κ3) is 3.58. The Hall–Kier alpha value is -2.21. The fourth-order valence-corrected chi connectivity index (χ4v) is 4.79. The quantitative estimate of drug-likeness (QED) is 0.887. The molecular weight excluding hydrogens is 350 g/mol. The minimum atomic E-state index is -0.0461. The third-order valence-corrected chi connectivity index (χ3v) is 6.72. The van der Waals surface area contributed by atoms with Gasteiger partial charge in [0, 0.05) is 25.6 Å². The lowest BCUT2D eigenvalue weighted by Gasteiger charge is -2.44. The van der Waals surface area contributed by atoms with Crippen molar-refractivity contribution in [1.29, 1.82) is 0 Å². The summed E-state index contributed by atoms with van der Waals surface area (Å²) >= 11 is 0. The highest BCUT2D eigenvalue weighted by molar-refractivity contribution is 5.91. The summed E-state index contributed by atoms with van der Waals surface area (Å²) < 4.78 is 2.11. The van der Waals surface area contributed by atoms with Gasteiger partial charge in [0.25, 0.3) is 5.91 Å². The number of fused-ring (bicyclic) bond motifs is 1. The van der Waals surface area contributed by atoms with E-state index in [1.54, 1.807) is 0 Å². The largest absolute Gasteiger partial charge is 0.347 e. The highest BCUT2D eigenvalue weighted by atomic mass is 16.2. The van der Waals surface area contributed by atoms with Gasteiger partial charge in [0.15, 0.2) is 0 Å². The molecule has 1 aromatic heterocycles. The Kier molecular flexibility index (Phi) is 4.46. The topological polar surface area (TPSA) is 63.1 Å². The molecule has 0 bridgehead atoms. The second-order valence-corrected chi connectivity index (χ2v) is 9.04. The van der Waals surface area contributed by atoms with Crippen LogP contribution >= 0.6 is 0 Å². The van der Waals surface area contributed by atoms with Gasteiger partial charge >= 0.3 is 0 Å². The molecule has 28 heavy (non-hydrogen) atoms. The van der Waals surface area contributed by atoms with Crippen LogP contribution in [0.3, 0.4) is 0 Å². The molecule has 1 spiro atoms. The first-order valence-electron chi connectivity index (χ1n) is 10.6. The molecule has 1 saturated carbocycles. The van der Waals surface area contributed by atoms with Crippen LogP contribution in [0.5, 0.6) is 0 Å². The number of nitrogens with zero attached hydrogens (tertiary/aromatic N) is 4. The number of carbonyl (C=O) groups excluding carboxylic acids is 1. The Morgan fingerprint density at radius 1 is 1.21 bits per heavy atom. The highest BCUT2D eigenvalue weighted by Gasteiger charge is 2.40. The molecule has 148 valence electrons. The SMILES string of the molecule is Cc1cccc(CN2CCC3(CCc4nnc(C(=O)NC5CC5)n4C3)CC2)c1. The summed E-state index contributed by atoms with van der Waals surface area (Å²) in [7, 11) is 0. The number of aryl methyl sites for hydroxylation is 2. The summed E-state index contributed by atoms with van der Waals surface area (Å²) in [5, 5.41) is 11.6. The van der Waals surface area contributed by atoms with E-state index in [0.717, 1.165) is 57.7 Å². The van der Waals surface area contributed by atoms with Crippen LogP contribution in [0.2, 0.25) is 0 Å². The summed E-state index contributed by atoms with van der Waals surface area (Å²) in [6, 6.07) is 9.18. The van der Waals surface area contributed by atoms with Crippen molar-refractivity contribution in [3.05, 3.63) is 47.0 Å². The molecule has 3 heterocycles. The zero-order valence-corrected chi connectivity index (χ0v) is 16.7. The second-order valence-electron chi connectivity index (χ2n) is 9.04. The van der Waals surface area contributed by atoms with E-state index in [1.165, 1.54) is 24.0 Å². The molecule has 0 atom stereocenters. The first-order valence-corrected chi connectivity index (χ1v) is 10.6. The Morgan fingerprint density at radius 2 is 2.04 bits per heavy atom. The predicted octanol–water partition coefficient (Wildman–Crippen LogP) is 2.71. The van der Waals surface area contributed by atoms with E-state index in [4.69, 9.17) is 0 Å². The van der Waals surface area contributed by atoms with Gasteiger partial charge in [-0.25, -0.2) is 0 Å². The van der Waals surface area contributed by atoms with E-state index in [9.17, 15) is 4.79 Å². The Balaban J connectivity index is 1.25. The zero-order chi connectivity index (χ0) is 19.1. The molecule has 2 aliphatic heterocycles. The monoisotopic (exact) mass is 379 g/mol. The molecule has 1 N–H and O–H groups in total. The van der Waals surface area contributed by atoms with Crippen LogP contribution in [0.25, 0.3) is 0 Å². The van der Waals surface area contributed by atoms with Crippen molar-refractivity contribution in [3.63, 3.8) is 0 Å². The third-order valence-electron chi connectivity index (χ3n) is 6.72. The number of likely N-dealkylation sites (tertiary alicyclic amines) is 1. The van der Waals surface area contributed by atoms with Crippen LogP contribution in [-0.4, -0.2) is 44.7 Å². The van der Waals surface area contributed by atoms with Gasteiger partial charge in [-0.3, -0.25) is 9.69 Å². The van der Waals surface area contributed by atoms with Gasteiger partial charge in [0.2, 0.25) is 5.82 Å². The molecule has 0 radical (unpaired) electrons. The number of piperidine rings is 1. The van der Waals surface area contributed by atoms with Crippen LogP contribution in [0, 0.1) is 12.3 Å². The lowest BCUT2D eigenvalue weighted by Crippen LogP contribution is -2.44. The van der Waals surface area contributed by atoms with E-state index in [1.807, 2.05) is 0 Å². The van der Waals surface area contributed by atoms with Gasteiger partial charge in [0.1, 0.15) is 5.82 Å². The van der Waals surface area contributed by atoms with Gasteiger partial charge < -0.3 is 9.88 Å². The van der Waals surface area contributed by atoms with E-state index >= 15 is 0 Å². The molecule has 3 aliphatic rings. The van der Waals surface area contributed by atoms with E-state index in [2.05, 4.69) is 56.2 Å². The van der Waals surface area contributed by atoms with Crippen molar-refractivity contribution >= 4 is 5.91 Å². The van der Waals surface area contributed by atoms with Crippen molar-refractivity contribution in [3.8, 4) is 0 Å². The molecule has 1 aliphatic carbocycles. The highest BCUT2D eigenvalue weighted by Crippen LogP contribution is 2.41. The maximum atomic E-state index is 12.5. The van der Waals surface area contributed by atoms with Crippen molar-refractivity contribution < 1.29 is 4.79 Å². The van der Waals surface area contributed by atoms with Gasteiger partial charge in [0.05, 0.1) is 0 Å². The fraction of sp³-hybridized carbons (Fsp3) is 0.591. The van der Waals surface area contributed by atoms with Crippen LogP contribution in [0.15, 0.2) is 24.3 Å². The van der Waals surface area contributed by atoms with Crippen molar-refractivity contribution in [2.24, 2.45) is 5.41 Å². The smallest absolute Gasteiger partial charge is 0.289 e. The van der Waals surface area contributed by atoms with Gasteiger partial charge in [-0.15, -0.1) is 10.2 Å². The number of nitrogens with one attached hydrogen (secondary N) is 1. The number of aromatic nitrogens is 3. The number of hydrogen-bond acceptors (Lipinski definition) is 4. The lowest BCUT2D eigenvalue weighted by atomic mass is 9.73. The van der Waals surface area contributed by atoms with E-state index in [-0.39, 0.29) is 11.3 Å². The number of rotatable bonds is 4. The molecule has 1 saturated heterocycles. The normalized spacial score (nSPS) is 21.5. The Morgan fingerprint density at radius 3 is 2.79 bits per heavy atom. The molecule has 5 rings (SSSR count). The van der Waals surface area contributed by atoms with E-state index < -0.39 is 0 Å². The molecule has 1 amide bonds. The average molecular weight is 380 g/mol. The van der Waals surface area contributed by atoms with Crippen molar-refractivity contribution in [1.82, 2.24) is 25.0 Å². The van der Waals surface area contributed by atoms with Crippen LogP contribution in [-0.2, 0) is 19.5 Å². The summed E-state index contributed by atoms with van der Waals surface area (Å²) in [5.41, 5.74) is 3.02. The molecule has 1 aromatic carbocycles. The first kappa shape index (κ1) is 17.9. The minimum Gasteiger partial charge on any atom is -0.347 e. The molecule has 6 heteroatoms.